The standard InChI is InChI=1S/C14H27NO/c1-10-4-3-5-11(2)14(10)15-9-12-6-7-13(16)8-12/h10-16H,3-9H2,1-2H3. The third-order valence-corrected chi connectivity index (χ3v) is 4.70. The molecule has 0 aromatic heterocycles. The van der Waals surface area contributed by atoms with Gasteiger partial charge in [0, 0.05) is 6.04 Å². The molecule has 2 N–H and O–H groups in total. The molecule has 2 aliphatic carbocycles. The number of nitrogens with one attached hydrogen (secondary N) is 1. The minimum atomic E-state index is -0.0204. The van der Waals surface area contributed by atoms with Crippen LogP contribution in [0.4, 0.5) is 0 Å². The smallest absolute Gasteiger partial charge is 0.0543 e. The molecule has 0 radical (unpaired) electrons. The van der Waals surface area contributed by atoms with Crippen molar-refractivity contribution in [2.24, 2.45) is 17.8 Å². The molecule has 0 aliphatic heterocycles. The van der Waals surface area contributed by atoms with Gasteiger partial charge in [0.1, 0.15) is 0 Å². The minimum Gasteiger partial charge on any atom is -0.393 e. The Balaban J connectivity index is 1.75. The molecule has 2 saturated carbocycles. The molecule has 0 aromatic rings. The van der Waals surface area contributed by atoms with Crippen LogP contribution < -0.4 is 5.32 Å². The van der Waals surface area contributed by atoms with E-state index in [1.165, 1.54) is 25.7 Å². The van der Waals surface area contributed by atoms with Crippen molar-refractivity contribution in [3.63, 3.8) is 0 Å². The Morgan fingerprint density at radius 2 is 1.75 bits per heavy atom. The first kappa shape index (κ1) is 12.4. The van der Waals surface area contributed by atoms with Gasteiger partial charge in [0.05, 0.1) is 6.10 Å². The largest absolute Gasteiger partial charge is 0.393 e. The Kier molecular flexibility index (Phi) is 4.26. The Hall–Kier alpha value is -0.0800. The van der Waals surface area contributed by atoms with Crippen LogP contribution in [0, 0.1) is 17.8 Å². The third kappa shape index (κ3) is 2.98. The van der Waals surface area contributed by atoms with E-state index in [1.54, 1.807) is 0 Å². The molecule has 0 amide bonds. The maximum atomic E-state index is 9.51. The van der Waals surface area contributed by atoms with E-state index in [0.29, 0.717) is 6.04 Å². The summed E-state index contributed by atoms with van der Waals surface area (Å²) in [6.07, 6.45) is 7.40. The molecule has 16 heavy (non-hydrogen) atoms. The second-order valence-corrected chi connectivity index (χ2v) is 6.15. The van der Waals surface area contributed by atoms with Gasteiger partial charge in [-0.25, -0.2) is 0 Å². The highest BCUT2D eigenvalue weighted by Crippen LogP contribution is 2.30. The lowest BCUT2D eigenvalue weighted by molar-refractivity contribution is 0.172. The average molecular weight is 225 g/mol. The molecule has 2 nitrogen and oxygen atoms in total. The minimum absolute atomic E-state index is 0.0204. The first-order chi connectivity index (χ1) is 7.66. The summed E-state index contributed by atoms with van der Waals surface area (Å²) in [5.41, 5.74) is 0. The van der Waals surface area contributed by atoms with E-state index >= 15 is 0 Å². The highest BCUT2D eigenvalue weighted by molar-refractivity contribution is 4.85. The molecule has 0 heterocycles. The maximum absolute atomic E-state index is 9.51. The first-order valence-corrected chi connectivity index (χ1v) is 7.08. The normalized spacial score (nSPS) is 44.8. The molecule has 2 fully saturated rings. The highest BCUT2D eigenvalue weighted by Gasteiger charge is 2.29. The number of hydrogen-bond acceptors (Lipinski definition) is 2. The van der Waals surface area contributed by atoms with Crippen LogP contribution in [0.25, 0.3) is 0 Å². The topological polar surface area (TPSA) is 32.3 Å². The summed E-state index contributed by atoms with van der Waals surface area (Å²) in [5.74, 6) is 2.38. The van der Waals surface area contributed by atoms with E-state index < -0.39 is 0 Å². The zero-order chi connectivity index (χ0) is 11.5. The number of aliphatic hydroxyl groups is 1. The zero-order valence-electron chi connectivity index (χ0n) is 10.8. The Bertz CT molecular complexity index is 209. The predicted molar refractivity (Wildman–Crippen MR) is 67.3 cm³/mol. The summed E-state index contributed by atoms with van der Waals surface area (Å²) in [5, 5.41) is 13.3. The van der Waals surface area contributed by atoms with Gasteiger partial charge in [0.2, 0.25) is 0 Å². The van der Waals surface area contributed by atoms with E-state index in [9.17, 15) is 5.11 Å². The monoisotopic (exact) mass is 225 g/mol. The molecule has 2 rings (SSSR count). The van der Waals surface area contributed by atoms with Crippen molar-refractivity contribution < 1.29 is 5.11 Å². The second-order valence-electron chi connectivity index (χ2n) is 6.15. The molecule has 0 aromatic carbocycles. The summed E-state index contributed by atoms with van der Waals surface area (Å²) in [7, 11) is 0. The Labute approximate surface area is 99.8 Å². The van der Waals surface area contributed by atoms with E-state index in [4.69, 9.17) is 0 Å². The van der Waals surface area contributed by atoms with Gasteiger partial charge in [-0.1, -0.05) is 20.3 Å². The van der Waals surface area contributed by atoms with Crippen molar-refractivity contribution in [3.05, 3.63) is 0 Å². The van der Waals surface area contributed by atoms with Crippen molar-refractivity contribution >= 4 is 0 Å². The predicted octanol–water partition coefficient (Wildman–Crippen LogP) is 2.56. The van der Waals surface area contributed by atoms with Gasteiger partial charge < -0.3 is 10.4 Å². The van der Waals surface area contributed by atoms with Gasteiger partial charge in [0.15, 0.2) is 0 Å². The molecule has 4 unspecified atom stereocenters. The summed E-state index contributed by atoms with van der Waals surface area (Å²) in [6.45, 7) is 5.89. The second kappa shape index (κ2) is 5.50. The zero-order valence-corrected chi connectivity index (χ0v) is 10.8. The van der Waals surface area contributed by atoms with E-state index in [0.717, 1.165) is 37.1 Å². The van der Waals surface area contributed by atoms with Crippen molar-refractivity contribution in [2.75, 3.05) is 6.54 Å². The highest BCUT2D eigenvalue weighted by atomic mass is 16.3. The van der Waals surface area contributed by atoms with Gasteiger partial charge in [-0.3, -0.25) is 0 Å². The van der Waals surface area contributed by atoms with Crippen molar-refractivity contribution in [1.29, 1.82) is 0 Å². The fourth-order valence-electron chi connectivity index (χ4n) is 3.62. The molecule has 2 aliphatic rings. The lowest BCUT2D eigenvalue weighted by Gasteiger charge is -2.36. The van der Waals surface area contributed by atoms with Gasteiger partial charge in [-0.15, -0.1) is 0 Å². The van der Waals surface area contributed by atoms with Crippen LogP contribution in [-0.4, -0.2) is 23.8 Å². The van der Waals surface area contributed by atoms with Crippen LogP contribution in [0.15, 0.2) is 0 Å². The van der Waals surface area contributed by atoms with Gasteiger partial charge in [-0.05, 0) is 56.4 Å². The van der Waals surface area contributed by atoms with E-state index in [1.807, 2.05) is 0 Å². The van der Waals surface area contributed by atoms with Crippen LogP contribution in [0.2, 0.25) is 0 Å². The molecule has 0 saturated heterocycles. The summed E-state index contributed by atoms with van der Waals surface area (Å²) in [6, 6.07) is 0.714. The molecule has 0 spiro atoms. The fourth-order valence-corrected chi connectivity index (χ4v) is 3.62. The van der Waals surface area contributed by atoms with Gasteiger partial charge in [0.25, 0.3) is 0 Å². The molecular formula is C14H27NO. The maximum Gasteiger partial charge on any atom is 0.0543 e. The summed E-state index contributed by atoms with van der Waals surface area (Å²) < 4.78 is 0. The van der Waals surface area contributed by atoms with Crippen molar-refractivity contribution in [2.45, 2.75) is 64.5 Å². The lowest BCUT2D eigenvalue weighted by Crippen LogP contribution is -2.44. The van der Waals surface area contributed by atoms with Crippen LogP contribution in [0.1, 0.15) is 52.4 Å². The number of rotatable bonds is 3. The van der Waals surface area contributed by atoms with Gasteiger partial charge in [-0.2, -0.15) is 0 Å². The van der Waals surface area contributed by atoms with Gasteiger partial charge >= 0.3 is 0 Å². The molecule has 2 heteroatoms. The Morgan fingerprint density at radius 3 is 2.31 bits per heavy atom. The summed E-state index contributed by atoms with van der Waals surface area (Å²) in [4.78, 5) is 0. The first-order valence-electron chi connectivity index (χ1n) is 7.08. The fraction of sp³-hybridized carbons (Fsp3) is 1.00. The van der Waals surface area contributed by atoms with Crippen LogP contribution in [0.5, 0.6) is 0 Å². The molecule has 94 valence electrons. The SMILES string of the molecule is CC1CCCC(C)C1NCC1CCC(O)C1. The Morgan fingerprint density at radius 1 is 1.06 bits per heavy atom. The quantitative estimate of drug-likeness (QED) is 0.773. The van der Waals surface area contributed by atoms with Crippen LogP contribution in [-0.2, 0) is 0 Å². The molecule has 0 bridgehead atoms. The third-order valence-electron chi connectivity index (χ3n) is 4.70. The van der Waals surface area contributed by atoms with E-state index in [-0.39, 0.29) is 6.10 Å². The van der Waals surface area contributed by atoms with Crippen molar-refractivity contribution in [1.82, 2.24) is 5.32 Å². The average Bonchev–Trinajstić information content (AvgIpc) is 2.63. The molecule has 4 atom stereocenters. The van der Waals surface area contributed by atoms with Crippen LogP contribution >= 0.6 is 0 Å². The lowest BCUT2D eigenvalue weighted by atomic mass is 9.78. The van der Waals surface area contributed by atoms with E-state index in [2.05, 4.69) is 19.2 Å². The number of hydrogen-bond donors (Lipinski definition) is 2. The van der Waals surface area contributed by atoms with Crippen molar-refractivity contribution in [3.8, 4) is 0 Å². The molecular weight excluding hydrogens is 198 g/mol. The summed E-state index contributed by atoms with van der Waals surface area (Å²) >= 11 is 0. The number of aliphatic hydroxyl groups excluding tert-OH is 1. The van der Waals surface area contributed by atoms with Crippen LogP contribution in [0.3, 0.4) is 0 Å².